The van der Waals surface area contributed by atoms with Gasteiger partial charge in [-0.05, 0) is 19.3 Å². The van der Waals surface area contributed by atoms with E-state index in [4.69, 9.17) is 4.74 Å². The third-order valence-electron chi connectivity index (χ3n) is 7.76. The minimum atomic E-state index is -3.29. The van der Waals surface area contributed by atoms with E-state index < -0.39 is 48.0 Å². The van der Waals surface area contributed by atoms with Gasteiger partial charge in [0.25, 0.3) is 5.56 Å². The molecule has 1 aromatic heterocycles. The molecule has 0 spiro atoms. The van der Waals surface area contributed by atoms with Crippen LogP contribution < -0.4 is 11.2 Å². The van der Waals surface area contributed by atoms with Crippen molar-refractivity contribution in [3.05, 3.63) is 32.6 Å². The smallest absolute Gasteiger partial charge is 0.332 e. The van der Waals surface area contributed by atoms with Gasteiger partial charge in [-0.25, -0.2) is 13.8 Å². The Kier molecular flexibility index (Phi) is 14.4. The zero-order valence-electron chi connectivity index (χ0n) is 24.1. The molecule has 0 aliphatic carbocycles. The lowest BCUT2D eigenvalue weighted by Crippen LogP contribution is -2.69. The van der Waals surface area contributed by atoms with Crippen molar-refractivity contribution < 1.29 is 34.8 Å². The molecule has 5 atom stereocenters. The lowest BCUT2D eigenvalue weighted by molar-refractivity contribution is -0.428. The first-order chi connectivity index (χ1) is 19.1. The van der Waals surface area contributed by atoms with Crippen LogP contribution in [0.4, 0.5) is 4.39 Å². The van der Waals surface area contributed by atoms with Gasteiger partial charge < -0.3 is 30.4 Å². The average molecular weight is 576 g/mol. The van der Waals surface area contributed by atoms with E-state index in [1.165, 1.54) is 51.4 Å². The molecule has 6 N–H and O–H groups in total. The van der Waals surface area contributed by atoms with E-state index in [2.05, 4.69) is 6.92 Å². The molecule has 0 amide bonds. The van der Waals surface area contributed by atoms with Crippen molar-refractivity contribution in [1.82, 2.24) is 14.6 Å². The number of hydroxylamine groups is 2. The van der Waals surface area contributed by atoms with Crippen LogP contribution in [0.2, 0.25) is 0 Å². The van der Waals surface area contributed by atoms with Crippen LogP contribution in [0, 0.1) is 0 Å². The van der Waals surface area contributed by atoms with Crippen molar-refractivity contribution in [1.29, 1.82) is 0 Å². The van der Waals surface area contributed by atoms with E-state index in [1.54, 1.807) is 6.92 Å². The molecule has 40 heavy (non-hydrogen) atoms. The number of rotatable bonds is 20. The number of H-pyrrole nitrogens is 1. The van der Waals surface area contributed by atoms with Gasteiger partial charge in [0.1, 0.15) is 12.2 Å². The number of nitrogens with zero attached hydrogens (tertiary/aromatic N) is 2. The first-order valence-electron chi connectivity index (χ1n) is 15.0. The molecule has 232 valence electrons. The fraction of sp³-hybridized carbons (Fsp3) is 0.857. The van der Waals surface area contributed by atoms with Crippen LogP contribution in [0.1, 0.15) is 116 Å². The molecule has 1 aromatic rings. The number of aliphatic hydroxyl groups is 4. The number of unbranched alkanes of at least 4 members (excludes halogenated alkanes) is 12. The number of nitrogens with one attached hydrogen (secondary N) is 1. The van der Waals surface area contributed by atoms with Crippen LogP contribution in [0.25, 0.3) is 0 Å². The maximum atomic E-state index is 15.2. The highest BCUT2D eigenvalue weighted by Gasteiger charge is 2.71. The second kappa shape index (κ2) is 16.7. The Balaban J connectivity index is 1.96. The van der Waals surface area contributed by atoms with E-state index >= 15 is 4.39 Å². The van der Waals surface area contributed by atoms with Gasteiger partial charge in [0.05, 0.1) is 6.61 Å². The maximum Gasteiger partial charge on any atom is 0.332 e. The van der Waals surface area contributed by atoms with Crippen LogP contribution in [0.5, 0.6) is 0 Å². The van der Waals surface area contributed by atoms with E-state index in [1.807, 2.05) is 4.98 Å². The summed E-state index contributed by atoms with van der Waals surface area (Å²) >= 11 is 0. The molecule has 2 rings (SSSR count). The number of aryl methyl sites for hydroxylation is 1. The van der Waals surface area contributed by atoms with Crippen LogP contribution in [-0.4, -0.2) is 71.1 Å². The monoisotopic (exact) mass is 575 g/mol. The van der Waals surface area contributed by atoms with Crippen molar-refractivity contribution in [2.75, 3.05) is 6.61 Å². The molecule has 11 nitrogen and oxygen atoms in total. The summed E-state index contributed by atoms with van der Waals surface area (Å²) in [5.74, 6) is -3.24. The van der Waals surface area contributed by atoms with E-state index in [0.717, 1.165) is 25.5 Å². The molecule has 12 heteroatoms. The minimum absolute atomic E-state index is 0.0525. The highest BCUT2D eigenvalue weighted by Crippen LogP contribution is 2.44. The molecule has 1 aliphatic heterocycles. The largest absolute Gasteiger partial charge is 0.394 e. The van der Waals surface area contributed by atoms with Gasteiger partial charge in [0.2, 0.25) is 5.72 Å². The Morgan fingerprint density at radius 2 is 1.50 bits per heavy atom. The van der Waals surface area contributed by atoms with E-state index in [0.29, 0.717) is 23.8 Å². The molecule has 2 heterocycles. The second-order valence-corrected chi connectivity index (χ2v) is 11.0. The summed E-state index contributed by atoms with van der Waals surface area (Å²) in [4.78, 5) is 26.7. The Hall–Kier alpha value is -1.67. The third-order valence-corrected chi connectivity index (χ3v) is 7.76. The predicted molar refractivity (Wildman–Crippen MR) is 147 cm³/mol. The molecular weight excluding hydrogens is 525 g/mol. The first-order valence-corrected chi connectivity index (χ1v) is 15.0. The van der Waals surface area contributed by atoms with Gasteiger partial charge in [-0.2, -0.15) is 0 Å². The van der Waals surface area contributed by atoms with Crippen LogP contribution in [0.3, 0.4) is 0 Å². The molecule has 0 saturated carbocycles. The molecule has 1 aliphatic rings. The molecular formula is C28H50FN3O8. The molecule has 1 fully saturated rings. The van der Waals surface area contributed by atoms with Crippen molar-refractivity contribution in [3.63, 3.8) is 0 Å². The number of hydrogen-bond donors (Lipinski definition) is 6. The van der Waals surface area contributed by atoms with Crippen molar-refractivity contribution in [3.8, 4) is 0 Å². The Morgan fingerprint density at radius 3 is 2.00 bits per heavy atom. The number of alkyl halides is 1. The first kappa shape index (κ1) is 34.5. The Bertz CT molecular complexity index is 991. The zero-order valence-corrected chi connectivity index (χ0v) is 24.1. The van der Waals surface area contributed by atoms with Gasteiger partial charge >= 0.3 is 11.6 Å². The lowest BCUT2D eigenvalue weighted by atomic mass is 9.99. The summed E-state index contributed by atoms with van der Waals surface area (Å²) in [6, 6.07) is 0. The van der Waals surface area contributed by atoms with E-state index in [9.17, 15) is 35.2 Å². The van der Waals surface area contributed by atoms with Crippen molar-refractivity contribution in [2.24, 2.45) is 0 Å². The summed E-state index contributed by atoms with van der Waals surface area (Å²) in [5.41, 5.74) is -5.19. The average Bonchev–Trinajstić information content (AvgIpc) is 3.14. The highest BCUT2D eigenvalue weighted by atomic mass is 19.1. The number of aliphatic hydroxyl groups excluding tert-OH is 2. The Morgan fingerprint density at radius 1 is 0.975 bits per heavy atom. The fourth-order valence-electron chi connectivity index (χ4n) is 5.32. The third kappa shape index (κ3) is 8.21. The van der Waals surface area contributed by atoms with Crippen LogP contribution in [-0.2, 0) is 17.1 Å². The minimum Gasteiger partial charge on any atom is -0.394 e. The number of aromatic nitrogens is 2. The van der Waals surface area contributed by atoms with Gasteiger partial charge in [-0.3, -0.25) is 9.78 Å². The van der Waals surface area contributed by atoms with E-state index in [-0.39, 0.29) is 23.5 Å². The number of halogens is 1. The second-order valence-electron chi connectivity index (χ2n) is 11.0. The summed E-state index contributed by atoms with van der Waals surface area (Å²) < 4.78 is 20.8. The van der Waals surface area contributed by atoms with Crippen molar-refractivity contribution in [2.45, 2.75) is 147 Å². The molecule has 0 radical (unpaired) electrons. The fourth-order valence-corrected chi connectivity index (χ4v) is 5.32. The lowest BCUT2D eigenvalue weighted by Gasteiger charge is -2.43. The van der Waals surface area contributed by atoms with Gasteiger partial charge in [0, 0.05) is 11.8 Å². The molecule has 1 unspecified atom stereocenters. The number of aromatic amines is 1. The zero-order chi connectivity index (χ0) is 29.8. The maximum absolute atomic E-state index is 15.2. The summed E-state index contributed by atoms with van der Waals surface area (Å²) in [6.45, 7) is 3.06. The molecule has 1 saturated heterocycles. The quantitative estimate of drug-likeness (QED) is 0.0592. The van der Waals surface area contributed by atoms with Crippen molar-refractivity contribution >= 4 is 0 Å². The number of hydrogen-bond acceptors (Lipinski definition) is 9. The van der Waals surface area contributed by atoms with Gasteiger partial charge in [0.15, 0.2) is 6.30 Å². The van der Waals surface area contributed by atoms with Gasteiger partial charge in [-0.15, -0.1) is 5.06 Å². The normalized spacial score (nSPS) is 25.6. The molecule has 0 bridgehead atoms. The SMILES string of the molecule is CCCCCCCCCCCCCCCC(F)N(O)[C@@]1(O)[C@H](O)[C@@H](CO)O[C@@]1(O)n1cc(CCC)c(=O)[nH]c1=O. The standard InChI is InChI=1S/C28H50FN3O8/c1-3-5-6-7-8-9-10-11-12-13-14-15-16-18-23(29)32(39)27(37)24(34)22(20-33)40-28(27,38)31-19-21(17-4-2)25(35)30-26(31)36/h19,22-24,33-34,37-39H,3-18,20H2,1-2H3,(H,30,35,36)/t22-,23?,24-,27-,28-/m1/s1. The summed E-state index contributed by atoms with van der Waals surface area (Å²) in [5, 5.41) is 53.4. The van der Waals surface area contributed by atoms with Crippen LogP contribution in [0.15, 0.2) is 15.8 Å². The van der Waals surface area contributed by atoms with Crippen LogP contribution >= 0.6 is 0 Å². The Labute approximate surface area is 235 Å². The number of ether oxygens (including phenoxy) is 1. The highest BCUT2D eigenvalue weighted by molar-refractivity contribution is 5.10. The topological polar surface area (TPSA) is 168 Å². The summed E-state index contributed by atoms with van der Waals surface area (Å²) in [7, 11) is 0. The predicted octanol–water partition coefficient (Wildman–Crippen LogP) is 3.00. The van der Waals surface area contributed by atoms with Gasteiger partial charge in [-0.1, -0.05) is 97.3 Å². The molecule has 0 aromatic carbocycles. The summed E-state index contributed by atoms with van der Waals surface area (Å²) in [6.07, 6.45) is 9.42.